The van der Waals surface area contributed by atoms with E-state index in [4.69, 9.17) is 4.98 Å². The van der Waals surface area contributed by atoms with Gasteiger partial charge in [-0.25, -0.2) is 9.97 Å². The van der Waals surface area contributed by atoms with Crippen LogP contribution in [0, 0.1) is 0 Å². The Morgan fingerprint density at radius 3 is 2.62 bits per heavy atom. The zero-order chi connectivity index (χ0) is 17.3. The second kappa shape index (κ2) is 6.46. The smallest absolute Gasteiger partial charge is 0.128 e. The van der Waals surface area contributed by atoms with Crippen molar-refractivity contribution in [1.82, 2.24) is 19.9 Å². The maximum Gasteiger partial charge on any atom is 0.128 e. The van der Waals surface area contributed by atoms with E-state index < -0.39 is 0 Å². The molecule has 0 aliphatic carbocycles. The van der Waals surface area contributed by atoms with E-state index in [0.717, 1.165) is 51.0 Å². The zero-order valence-electron chi connectivity index (χ0n) is 14.2. The Morgan fingerprint density at radius 1 is 0.923 bits per heavy atom. The Morgan fingerprint density at radius 2 is 1.85 bits per heavy atom. The minimum atomic E-state index is 0.893. The third kappa shape index (κ3) is 2.82. The van der Waals surface area contributed by atoms with E-state index in [9.17, 15) is 0 Å². The van der Waals surface area contributed by atoms with Crippen molar-refractivity contribution >= 4 is 27.4 Å². The Balaban J connectivity index is 1.47. The van der Waals surface area contributed by atoms with E-state index in [1.54, 1.807) is 17.5 Å². The molecule has 0 spiro atoms. The highest BCUT2D eigenvalue weighted by Gasteiger charge is 2.14. The normalized spacial score (nSPS) is 14.2. The molecule has 0 atom stereocenters. The molecular formula is C20H17N5S. The summed E-state index contributed by atoms with van der Waals surface area (Å²) >= 11 is 1.65. The van der Waals surface area contributed by atoms with Crippen LogP contribution in [-0.4, -0.2) is 33.0 Å². The third-order valence-electron chi connectivity index (χ3n) is 4.66. The first-order chi connectivity index (χ1) is 12.9. The molecule has 6 heteroatoms. The molecule has 0 unspecified atom stereocenters. The SMILES string of the molecule is c1cncc(-c2cc3nc(-c4ccc(N5CCCC5)nc4)sc3cn2)c1. The van der Waals surface area contributed by atoms with Gasteiger partial charge in [0.15, 0.2) is 0 Å². The molecule has 1 aliphatic heterocycles. The number of hydrogen-bond donors (Lipinski definition) is 0. The molecule has 0 amide bonds. The Kier molecular flexibility index (Phi) is 3.83. The van der Waals surface area contributed by atoms with Gasteiger partial charge in [-0.3, -0.25) is 9.97 Å². The number of aromatic nitrogens is 4. The Hall–Kier alpha value is -2.86. The van der Waals surface area contributed by atoms with Crippen LogP contribution in [0.4, 0.5) is 5.82 Å². The highest BCUT2D eigenvalue weighted by atomic mass is 32.1. The van der Waals surface area contributed by atoms with Crippen molar-refractivity contribution < 1.29 is 0 Å². The van der Waals surface area contributed by atoms with E-state index in [2.05, 4.69) is 32.0 Å². The lowest BCUT2D eigenvalue weighted by atomic mass is 10.2. The van der Waals surface area contributed by atoms with Crippen molar-refractivity contribution in [2.45, 2.75) is 12.8 Å². The van der Waals surface area contributed by atoms with Crippen LogP contribution in [0.1, 0.15) is 12.8 Å². The Labute approximate surface area is 155 Å². The maximum absolute atomic E-state index is 4.80. The predicted molar refractivity (Wildman–Crippen MR) is 105 cm³/mol. The molecule has 5 heterocycles. The first-order valence-corrected chi connectivity index (χ1v) is 9.57. The van der Waals surface area contributed by atoms with Crippen LogP contribution in [-0.2, 0) is 0 Å². The molecule has 0 bridgehead atoms. The molecule has 0 N–H and O–H groups in total. The van der Waals surface area contributed by atoms with E-state index in [0.29, 0.717) is 0 Å². The molecule has 128 valence electrons. The first-order valence-electron chi connectivity index (χ1n) is 8.75. The lowest BCUT2D eigenvalue weighted by molar-refractivity contribution is 0.938. The van der Waals surface area contributed by atoms with E-state index >= 15 is 0 Å². The molecule has 0 radical (unpaired) electrons. The molecule has 5 rings (SSSR count). The van der Waals surface area contributed by atoms with Crippen molar-refractivity contribution in [3.63, 3.8) is 0 Å². The van der Waals surface area contributed by atoms with Gasteiger partial charge in [0.05, 0.1) is 15.9 Å². The van der Waals surface area contributed by atoms with Crippen molar-refractivity contribution in [2.75, 3.05) is 18.0 Å². The van der Waals surface area contributed by atoms with Crippen LogP contribution in [0.15, 0.2) is 55.1 Å². The summed E-state index contributed by atoms with van der Waals surface area (Å²) in [4.78, 5) is 20.5. The number of pyridine rings is 3. The summed E-state index contributed by atoms with van der Waals surface area (Å²) in [6, 6.07) is 10.2. The van der Waals surface area contributed by atoms with E-state index in [1.165, 1.54) is 12.8 Å². The monoisotopic (exact) mass is 359 g/mol. The van der Waals surface area contributed by atoms with Gasteiger partial charge in [-0.05, 0) is 43.2 Å². The van der Waals surface area contributed by atoms with Crippen molar-refractivity contribution in [1.29, 1.82) is 0 Å². The summed E-state index contributed by atoms with van der Waals surface area (Å²) in [5, 5.41) is 0.977. The number of anilines is 1. The zero-order valence-corrected chi connectivity index (χ0v) is 15.0. The fraction of sp³-hybridized carbons (Fsp3) is 0.200. The third-order valence-corrected chi connectivity index (χ3v) is 5.71. The summed E-state index contributed by atoms with van der Waals surface area (Å²) < 4.78 is 1.08. The van der Waals surface area contributed by atoms with Gasteiger partial charge in [0.2, 0.25) is 0 Å². The molecule has 1 fully saturated rings. The second-order valence-corrected chi connectivity index (χ2v) is 7.43. The van der Waals surface area contributed by atoms with Crippen LogP contribution in [0.2, 0.25) is 0 Å². The number of fused-ring (bicyclic) bond motifs is 1. The number of nitrogens with zero attached hydrogens (tertiary/aromatic N) is 5. The molecule has 5 nitrogen and oxygen atoms in total. The molecule has 0 aromatic carbocycles. The summed E-state index contributed by atoms with van der Waals surface area (Å²) in [6.07, 6.45) is 9.93. The van der Waals surface area contributed by atoms with Crippen molar-refractivity contribution in [2.24, 2.45) is 0 Å². The van der Waals surface area contributed by atoms with Crippen molar-refractivity contribution in [3.8, 4) is 21.8 Å². The van der Waals surface area contributed by atoms with E-state index in [1.807, 2.05) is 36.8 Å². The van der Waals surface area contributed by atoms with Crippen LogP contribution in [0.3, 0.4) is 0 Å². The fourth-order valence-corrected chi connectivity index (χ4v) is 4.18. The summed E-state index contributed by atoms with van der Waals surface area (Å²) in [5.74, 6) is 1.06. The average molecular weight is 359 g/mol. The molecule has 1 saturated heterocycles. The largest absolute Gasteiger partial charge is 0.357 e. The van der Waals surface area contributed by atoms with Crippen LogP contribution < -0.4 is 4.90 Å². The van der Waals surface area contributed by atoms with Gasteiger partial charge in [-0.1, -0.05) is 0 Å². The van der Waals surface area contributed by atoms with Crippen LogP contribution in [0.25, 0.3) is 32.0 Å². The molecule has 4 aromatic heterocycles. The van der Waals surface area contributed by atoms with Crippen molar-refractivity contribution in [3.05, 3.63) is 55.1 Å². The average Bonchev–Trinajstić information content (AvgIpc) is 3.38. The lowest BCUT2D eigenvalue weighted by Crippen LogP contribution is -2.18. The highest BCUT2D eigenvalue weighted by Crippen LogP contribution is 2.32. The fourth-order valence-electron chi connectivity index (χ4n) is 3.28. The first kappa shape index (κ1) is 15.4. The number of rotatable bonds is 3. The van der Waals surface area contributed by atoms with Gasteiger partial charge < -0.3 is 4.90 Å². The molecule has 0 saturated carbocycles. The maximum atomic E-state index is 4.80. The van der Waals surface area contributed by atoms with Gasteiger partial charge in [-0.15, -0.1) is 11.3 Å². The van der Waals surface area contributed by atoms with Gasteiger partial charge in [-0.2, -0.15) is 0 Å². The van der Waals surface area contributed by atoms with Gasteiger partial charge >= 0.3 is 0 Å². The second-order valence-electron chi connectivity index (χ2n) is 6.40. The van der Waals surface area contributed by atoms with Gasteiger partial charge in [0.1, 0.15) is 10.8 Å². The Bertz CT molecular complexity index is 1040. The summed E-state index contributed by atoms with van der Waals surface area (Å²) in [5.41, 5.74) is 3.91. The molecule has 1 aliphatic rings. The highest BCUT2D eigenvalue weighted by molar-refractivity contribution is 7.21. The topological polar surface area (TPSA) is 54.8 Å². The number of thiazole rings is 1. The van der Waals surface area contributed by atoms with Gasteiger partial charge in [0, 0.05) is 49.0 Å². The summed E-state index contributed by atoms with van der Waals surface area (Å²) in [6.45, 7) is 2.21. The standard InChI is InChI=1S/C20H17N5S/c1-2-9-25(8-1)19-6-5-15(12-23-19)20-24-17-10-16(22-13-18(17)26-20)14-4-3-7-21-11-14/h3-7,10-13H,1-2,8-9H2. The molecule has 26 heavy (non-hydrogen) atoms. The number of hydrogen-bond acceptors (Lipinski definition) is 6. The quantitative estimate of drug-likeness (QED) is 0.542. The minimum Gasteiger partial charge on any atom is -0.357 e. The lowest BCUT2D eigenvalue weighted by Gasteiger charge is -2.15. The predicted octanol–water partition coefficient (Wildman–Crippen LogP) is 4.42. The minimum absolute atomic E-state index is 0.893. The molecular weight excluding hydrogens is 342 g/mol. The van der Waals surface area contributed by atoms with Crippen LogP contribution in [0.5, 0.6) is 0 Å². The van der Waals surface area contributed by atoms with Gasteiger partial charge in [0.25, 0.3) is 0 Å². The van der Waals surface area contributed by atoms with Crippen LogP contribution >= 0.6 is 11.3 Å². The molecule has 4 aromatic rings. The summed E-state index contributed by atoms with van der Waals surface area (Å²) in [7, 11) is 0. The van der Waals surface area contributed by atoms with E-state index in [-0.39, 0.29) is 0 Å².